The number of rotatable bonds is 0. The number of aromatic nitrogens is 2. The van der Waals surface area contributed by atoms with Crippen LogP contribution in [0, 0.1) is 5.92 Å². The van der Waals surface area contributed by atoms with Gasteiger partial charge < -0.3 is 0 Å². The zero-order chi connectivity index (χ0) is 7.42. The Balaban J connectivity index is 2.23. The fourth-order valence-corrected chi connectivity index (χ4v) is 1.97. The zero-order valence-corrected chi connectivity index (χ0v) is 6.04. The highest BCUT2D eigenvalue weighted by Gasteiger charge is 2.52. The lowest BCUT2D eigenvalue weighted by molar-refractivity contribution is -0.777. The van der Waals surface area contributed by atoms with E-state index in [1.165, 1.54) is 6.42 Å². The molecular weight excluding hydrogens is 144 g/mol. The van der Waals surface area contributed by atoms with Gasteiger partial charge in [0.05, 0.1) is 0 Å². The van der Waals surface area contributed by atoms with E-state index in [1.807, 2.05) is 4.68 Å². The molecule has 1 fully saturated rings. The Morgan fingerprint density at radius 1 is 1.64 bits per heavy atom. The molecule has 0 spiro atoms. The lowest BCUT2D eigenvalue weighted by Gasteiger charge is -1.98. The van der Waals surface area contributed by atoms with Crippen LogP contribution in [0.3, 0.4) is 0 Å². The molecule has 0 bridgehead atoms. The Kier molecular flexibility index (Phi) is 0.796. The van der Waals surface area contributed by atoms with Crippen LogP contribution in [0.4, 0.5) is 0 Å². The van der Waals surface area contributed by atoms with Crippen LogP contribution in [-0.2, 0) is 6.42 Å². The van der Waals surface area contributed by atoms with Crippen LogP contribution in [0.25, 0.3) is 0 Å². The second kappa shape index (κ2) is 1.57. The smallest absolute Gasteiger partial charge is 0.283 e. The Bertz CT molecular complexity index is 352. The molecule has 1 aromatic rings. The van der Waals surface area contributed by atoms with Gasteiger partial charge >= 0.3 is 5.63 Å². The molecule has 2 aliphatic rings. The van der Waals surface area contributed by atoms with Gasteiger partial charge in [0.1, 0.15) is 0 Å². The summed E-state index contributed by atoms with van der Waals surface area (Å²) in [7, 11) is 0. The quantitative estimate of drug-likeness (QED) is 0.523. The van der Waals surface area contributed by atoms with Crippen molar-refractivity contribution in [2.75, 3.05) is 0 Å². The molecule has 11 heavy (non-hydrogen) atoms. The van der Waals surface area contributed by atoms with E-state index in [0.717, 1.165) is 24.5 Å². The molecule has 1 N–H and O–H groups in total. The maximum atomic E-state index is 11.0. The summed E-state index contributed by atoms with van der Waals surface area (Å²) in [5, 5.41) is 2.65. The number of hydrogen-bond donors (Lipinski definition) is 1. The number of aromatic amines is 1. The SMILES string of the molecule is O=c1o[nH][n+]2c1CC[C@@H]1C[C@@H]12. The van der Waals surface area contributed by atoms with E-state index in [0.29, 0.717) is 6.04 Å². The van der Waals surface area contributed by atoms with Crippen LogP contribution >= 0.6 is 0 Å². The second-order valence-corrected chi connectivity index (χ2v) is 3.40. The number of nitrogens with one attached hydrogen (secondary N) is 1. The molecule has 0 saturated heterocycles. The maximum absolute atomic E-state index is 11.0. The largest absolute Gasteiger partial charge is 0.429 e. The summed E-state index contributed by atoms with van der Waals surface area (Å²) >= 11 is 0. The summed E-state index contributed by atoms with van der Waals surface area (Å²) < 4.78 is 6.60. The summed E-state index contributed by atoms with van der Waals surface area (Å²) in [4.78, 5) is 11.0. The highest BCUT2D eigenvalue weighted by atomic mass is 16.5. The van der Waals surface area contributed by atoms with Gasteiger partial charge in [0.2, 0.25) is 0 Å². The van der Waals surface area contributed by atoms with Gasteiger partial charge in [-0.05, 0) is 11.7 Å². The molecular formula is C7H9N2O2+. The van der Waals surface area contributed by atoms with E-state index >= 15 is 0 Å². The molecule has 4 nitrogen and oxygen atoms in total. The second-order valence-electron chi connectivity index (χ2n) is 3.40. The van der Waals surface area contributed by atoms with Crippen molar-refractivity contribution >= 4 is 0 Å². The third-order valence-corrected chi connectivity index (χ3v) is 2.73. The summed E-state index contributed by atoms with van der Waals surface area (Å²) in [5.74, 6) is 0.806. The number of fused-ring (bicyclic) bond motifs is 3. The molecule has 58 valence electrons. The molecule has 0 aromatic carbocycles. The molecule has 4 heteroatoms. The van der Waals surface area contributed by atoms with Crippen LogP contribution in [0.2, 0.25) is 0 Å². The normalized spacial score (nSPS) is 32.7. The Hall–Kier alpha value is -1.06. The van der Waals surface area contributed by atoms with Crippen LogP contribution in [0.15, 0.2) is 9.32 Å². The Morgan fingerprint density at radius 2 is 2.55 bits per heavy atom. The fraction of sp³-hybridized carbons (Fsp3) is 0.714. The van der Waals surface area contributed by atoms with Crippen molar-refractivity contribution in [1.82, 2.24) is 5.27 Å². The first kappa shape index (κ1) is 5.57. The number of nitrogens with zero attached hydrogens (tertiary/aromatic N) is 1. The first-order valence-electron chi connectivity index (χ1n) is 3.98. The predicted octanol–water partition coefficient (Wildman–Crippen LogP) is -0.237. The van der Waals surface area contributed by atoms with Crippen molar-refractivity contribution in [2.45, 2.75) is 25.3 Å². The van der Waals surface area contributed by atoms with Gasteiger partial charge in [0, 0.05) is 18.8 Å². The molecule has 1 saturated carbocycles. The zero-order valence-electron chi connectivity index (χ0n) is 6.04. The van der Waals surface area contributed by atoms with Gasteiger partial charge in [-0.2, -0.15) is 0 Å². The Morgan fingerprint density at radius 3 is 3.45 bits per heavy atom. The minimum absolute atomic E-state index is 0.185. The van der Waals surface area contributed by atoms with E-state index in [9.17, 15) is 4.79 Å². The molecule has 2 heterocycles. The van der Waals surface area contributed by atoms with Gasteiger partial charge in [-0.3, -0.25) is 4.52 Å². The van der Waals surface area contributed by atoms with E-state index in [-0.39, 0.29) is 5.63 Å². The monoisotopic (exact) mass is 153 g/mol. The number of H-pyrrole nitrogens is 1. The van der Waals surface area contributed by atoms with Gasteiger partial charge in [0.15, 0.2) is 6.04 Å². The molecule has 0 unspecified atom stereocenters. The van der Waals surface area contributed by atoms with Crippen LogP contribution < -0.4 is 10.3 Å². The highest BCUT2D eigenvalue weighted by Crippen LogP contribution is 2.44. The first-order chi connectivity index (χ1) is 5.36. The van der Waals surface area contributed by atoms with Crippen LogP contribution in [0.5, 0.6) is 0 Å². The minimum atomic E-state index is -0.185. The lowest BCUT2D eigenvalue weighted by atomic mass is 10.1. The molecule has 1 aliphatic heterocycles. The first-order valence-corrected chi connectivity index (χ1v) is 3.98. The molecule has 1 aliphatic carbocycles. The average molecular weight is 153 g/mol. The van der Waals surface area contributed by atoms with Crippen molar-refractivity contribution in [3.63, 3.8) is 0 Å². The Labute approximate surface area is 62.8 Å². The average Bonchev–Trinajstić information content (AvgIpc) is 2.71. The highest BCUT2D eigenvalue weighted by molar-refractivity contribution is 4.94. The van der Waals surface area contributed by atoms with Crippen molar-refractivity contribution in [2.24, 2.45) is 5.92 Å². The molecule has 1 aromatic heterocycles. The number of hydrogen-bond acceptors (Lipinski definition) is 2. The predicted molar refractivity (Wildman–Crippen MR) is 35.0 cm³/mol. The van der Waals surface area contributed by atoms with E-state index in [4.69, 9.17) is 4.52 Å². The molecule has 0 amide bonds. The third kappa shape index (κ3) is 0.593. The van der Waals surface area contributed by atoms with E-state index in [1.54, 1.807) is 0 Å². The van der Waals surface area contributed by atoms with Crippen LogP contribution in [-0.4, -0.2) is 5.27 Å². The van der Waals surface area contributed by atoms with E-state index in [2.05, 4.69) is 5.27 Å². The fourth-order valence-electron chi connectivity index (χ4n) is 1.97. The summed E-state index contributed by atoms with van der Waals surface area (Å²) in [5.41, 5.74) is 0.638. The van der Waals surface area contributed by atoms with Crippen molar-refractivity contribution in [1.29, 1.82) is 0 Å². The topological polar surface area (TPSA) is 49.9 Å². The molecule has 0 radical (unpaired) electrons. The molecule has 2 atom stereocenters. The summed E-state index contributed by atoms with van der Waals surface area (Å²) in [6.45, 7) is 0. The van der Waals surface area contributed by atoms with E-state index < -0.39 is 0 Å². The van der Waals surface area contributed by atoms with Crippen molar-refractivity contribution in [3.05, 3.63) is 16.1 Å². The van der Waals surface area contributed by atoms with Gasteiger partial charge in [-0.1, -0.05) is 4.68 Å². The van der Waals surface area contributed by atoms with Gasteiger partial charge in [-0.15, -0.1) is 0 Å². The standard InChI is InChI=1S/C7H8N2O2/c10-7-5-2-1-4-3-6(4)9(5)8-11-7/h4,6H,1-3H2/p+1/t4-,6+/m1/s1. The maximum Gasteiger partial charge on any atom is 0.429 e. The summed E-state index contributed by atoms with van der Waals surface area (Å²) in [6, 6.07) is 0.546. The van der Waals surface area contributed by atoms with Crippen molar-refractivity contribution < 1.29 is 9.20 Å². The van der Waals surface area contributed by atoms with Gasteiger partial charge in [-0.25, -0.2) is 4.79 Å². The van der Waals surface area contributed by atoms with Gasteiger partial charge in [0.25, 0.3) is 5.69 Å². The minimum Gasteiger partial charge on any atom is -0.283 e. The lowest BCUT2D eigenvalue weighted by Crippen LogP contribution is -2.43. The summed E-state index contributed by atoms with van der Waals surface area (Å²) in [6.07, 6.45) is 3.26. The molecule has 3 rings (SSSR count). The van der Waals surface area contributed by atoms with Crippen molar-refractivity contribution in [3.8, 4) is 0 Å². The van der Waals surface area contributed by atoms with Crippen LogP contribution in [0.1, 0.15) is 24.6 Å². The third-order valence-electron chi connectivity index (χ3n) is 2.73.